The molecule has 1 amide bonds. The Morgan fingerprint density at radius 2 is 2.03 bits per heavy atom. The molecular weight excluding hydrogens is 467 g/mol. The van der Waals surface area contributed by atoms with Gasteiger partial charge in [0.25, 0.3) is 0 Å². The fourth-order valence-corrected chi connectivity index (χ4v) is 5.41. The van der Waals surface area contributed by atoms with Gasteiger partial charge in [0.05, 0.1) is 30.2 Å². The van der Waals surface area contributed by atoms with Gasteiger partial charge >= 0.3 is 6.18 Å². The van der Waals surface area contributed by atoms with Gasteiger partial charge in [-0.25, -0.2) is 0 Å². The number of amides is 1. The van der Waals surface area contributed by atoms with Gasteiger partial charge in [0.15, 0.2) is 0 Å². The second-order valence-electron chi connectivity index (χ2n) is 9.07. The van der Waals surface area contributed by atoms with Crippen molar-refractivity contribution in [2.24, 2.45) is 11.3 Å². The minimum absolute atomic E-state index is 0.0182. The number of nitriles is 1. The fraction of sp³-hybridized carbons (Fsp3) is 0.440. The molecule has 180 valence electrons. The van der Waals surface area contributed by atoms with Gasteiger partial charge in [0.1, 0.15) is 0 Å². The molecule has 2 aliphatic rings. The molecule has 4 rings (SSSR count). The number of hydrogen-bond donors (Lipinski definition) is 0. The number of hydrogen-bond acceptors (Lipinski definition) is 4. The molecule has 2 aromatic carbocycles. The Hall–Kier alpha value is -2.76. The van der Waals surface area contributed by atoms with Gasteiger partial charge < -0.3 is 14.5 Å². The first-order chi connectivity index (χ1) is 16.2. The number of rotatable bonds is 5. The summed E-state index contributed by atoms with van der Waals surface area (Å²) in [5.74, 6) is 0.0247. The number of alkyl halides is 3. The number of nitrogens with zero attached hydrogens (tertiary/aromatic N) is 3. The molecule has 2 heterocycles. The molecule has 2 saturated heterocycles. The quantitative estimate of drug-likeness (QED) is 0.604. The first kappa shape index (κ1) is 24.4. The van der Waals surface area contributed by atoms with E-state index < -0.39 is 17.3 Å². The highest BCUT2D eigenvalue weighted by Crippen LogP contribution is 2.45. The predicted molar refractivity (Wildman–Crippen MR) is 123 cm³/mol. The molecule has 0 radical (unpaired) electrons. The van der Waals surface area contributed by atoms with Gasteiger partial charge in [-0.3, -0.25) is 4.79 Å². The molecule has 2 fully saturated rings. The highest BCUT2D eigenvalue weighted by Gasteiger charge is 2.50. The van der Waals surface area contributed by atoms with Crippen LogP contribution in [0.2, 0.25) is 5.02 Å². The zero-order valence-corrected chi connectivity index (χ0v) is 19.5. The predicted octanol–water partition coefficient (Wildman–Crippen LogP) is 4.77. The second-order valence-corrected chi connectivity index (χ2v) is 9.48. The molecule has 2 unspecified atom stereocenters. The molecule has 34 heavy (non-hydrogen) atoms. The maximum Gasteiger partial charge on any atom is 0.417 e. The Bertz CT molecular complexity index is 1120. The van der Waals surface area contributed by atoms with Crippen LogP contribution in [0.3, 0.4) is 0 Å². The number of methoxy groups -OCH3 is 1. The summed E-state index contributed by atoms with van der Waals surface area (Å²) in [5, 5.41) is 9.65. The Balaban J connectivity index is 1.54. The van der Waals surface area contributed by atoms with Crippen LogP contribution < -0.4 is 4.90 Å². The summed E-state index contributed by atoms with van der Waals surface area (Å²) in [6.45, 7) is 2.55. The summed E-state index contributed by atoms with van der Waals surface area (Å²) in [6.07, 6.45) is -3.71. The minimum atomic E-state index is -4.61. The summed E-state index contributed by atoms with van der Waals surface area (Å²) in [7, 11) is 1.62. The molecule has 0 bridgehead atoms. The van der Waals surface area contributed by atoms with Crippen molar-refractivity contribution < 1.29 is 22.7 Å². The van der Waals surface area contributed by atoms with E-state index >= 15 is 0 Å². The highest BCUT2D eigenvalue weighted by atomic mass is 35.5. The topological polar surface area (TPSA) is 56.6 Å². The number of ether oxygens (including phenoxy) is 1. The van der Waals surface area contributed by atoms with Gasteiger partial charge in [0.2, 0.25) is 5.91 Å². The van der Waals surface area contributed by atoms with Crippen LogP contribution in [0.15, 0.2) is 42.5 Å². The lowest BCUT2D eigenvalue weighted by atomic mass is 9.73. The molecule has 9 heteroatoms. The van der Waals surface area contributed by atoms with E-state index in [9.17, 15) is 18.0 Å². The van der Waals surface area contributed by atoms with Crippen molar-refractivity contribution in [3.05, 3.63) is 64.2 Å². The van der Waals surface area contributed by atoms with Crippen LogP contribution in [0.1, 0.15) is 23.1 Å². The monoisotopic (exact) mass is 491 g/mol. The number of halogens is 4. The van der Waals surface area contributed by atoms with Crippen molar-refractivity contribution in [3.8, 4) is 6.07 Å². The number of carbonyl (C=O) groups excluding carboxylic acids is 1. The Morgan fingerprint density at radius 1 is 1.26 bits per heavy atom. The Labute approximate surface area is 201 Å². The number of benzene rings is 2. The summed E-state index contributed by atoms with van der Waals surface area (Å²) in [4.78, 5) is 16.8. The minimum Gasteiger partial charge on any atom is -0.384 e. The average molecular weight is 492 g/mol. The largest absolute Gasteiger partial charge is 0.417 e. The van der Waals surface area contributed by atoms with E-state index in [1.54, 1.807) is 25.3 Å². The first-order valence-corrected chi connectivity index (χ1v) is 11.4. The highest BCUT2D eigenvalue weighted by molar-refractivity contribution is 6.31. The van der Waals surface area contributed by atoms with E-state index in [2.05, 4.69) is 0 Å². The molecular formula is C25H25ClF3N3O2. The SMILES string of the molecule is COCC12CCN(C(=O)Cc3ccccc3Cl)CC1CN(c1ccc(C#N)c(C(F)(F)F)c1)C2. The standard InChI is InChI=1S/C25H25ClF3N3O2/c1-34-16-24-8-9-31(23(33)10-17-4-2-3-5-22(17)26)13-19(24)14-32(15-24)20-7-6-18(12-30)21(11-20)25(27,28)29/h2-7,11,19H,8-10,13-16H2,1H3. The lowest BCUT2D eigenvalue weighted by molar-refractivity contribution is -0.138. The number of likely N-dealkylation sites (tertiary alicyclic amines) is 1. The van der Waals surface area contributed by atoms with Crippen molar-refractivity contribution in [1.82, 2.24) is 4.90 Å². The smallest absolute Gasteiger partial charge is 0.384 e. The van der Waals surface area contributed by atoms with Gasteiger partial charge in [-0.1, -0.05) is 29.8 Å². The van der Waals surface area contributed by atoms with Crippen LogP contribution in [0.25, 0.3) is 0 Å². The van der Waals surface area contributed by atoms with Crippen LogP contribution in [-0.4, -0.2) is 50.7 Å². The summed E-state index contributed by atoms with van der Waals surface area (Å²) in [5.41, 5.74) is -0.392. The normalized spacial score (nSPS) is 22.4. The molecule has 0 spiro atoms. The number of piperidine rings is 1. The summed E-state index contributed by atoms with van der Waals surface area (Å²) < 4.78 is 46.0. The third-order valence-corrected chi connectivity index (χ3v) is 7.38. The van der Waals surface area contributed by atoms with Crippen molar-refractivity contribution in [2.45, 2.75) is 19.0 Å². The van der Waals surface area contributed by atoms with Gasteiger partial charge in [0, 0.05) is 55.3 Å². The van der Waals surface area contributed by atoms with Crippen LogP contribution >= 0.6 is 11.6 Å². The van der Waals surface area contributed by atoms with Crippen LogP contribution in [0.5, 0.6) is 0 Å². The van der Waals surface area contributed by atoms with Crippen molar-refractivity contribution in [2.75, 3.05) is 44.8 Å². The maximum absolute atomic E-state index is 13.5. The number of carbonyl (C=O) groups is 1. The Morgan fingerprint density at radius 3 is 2.71 bits per heavy atom. The van der Waals surface area contributed by atoms with Gasteiger partial charge in [-0.15, -0.1) is 0 Å². The lowest BCUT2D eigenvalue weighted by Crippen LogP contribution is -2.51. The van der Waals surface area contributed by atoms with Crippen molar-refractivity contribution in [1.29, 1.82) is 5.26 Å². The van der Waals surface area contributed by atoms with E-state index in [1.807, 2.05) is 28.0 Å². The molecule has 2 atom stereocenters. The molecule has 2 aliphatic heterocycles. The van der Waals surface area contributed by atoms with Crippen LogP contribution in [0.4, 0.5) is 18.9 Å². The van der Waals surface area contributed by atoms with E-state index in [-0.39, 0.29) is 23.7 Å². The zero-order chi connectivity index (χ0) is 24.5. The van der Waals surface area contributed by atoms with E-state index in [0.29, 0.717) is 49.9 Å². The molecule has 5 nitrogen and oxygen atoms in total. The Kier molecular flexibility index (Phi) is 6.79. The fourth-order valence-electron chi connectivity index (χ4n) is 5.21. The molecule has 0 saturated carbocycles. The second kappa shape index (κ2) is 9.47. The molecule has 2 aromatic rings. The number of fused-ring (bicyclic) bond motifs is 1. The van der Waals surface area contributed by atoms with Crippen LogP contribution in [-0.2, 0) is 22.1 Å². The van der Waals surface area contributed by atoms with Crippen LogP contribution in [0, 0.1) is 22.7 Å². The van der Waals surface area contributed by atoms with Crippen molar-refractivity contribution in [3.63, 3.8) is 0 Å². The third kappa shape index (κ3) is 4.73. The van der Waals surface area contributed by atoms with E-state index in [0.717, 1.165) is 11.6 Å². The lowest BCUT2D eigenvalue weighted by Gasteiger charge is -2.43. The molecule has 0 N–H and O–H groups in total. The first-order valence-electron chi connectivity index (χ1n) is 11.0. The van der Waals surface area contributed by atoms with E-state index in [1.165, 1.54) is 6.07 Å². The third-order valence-electron chi connectivity index (χ3n) is 7.01. The summed E-state index contributed by atoms with van der Waals surface area (Å²) >= 11 is 6.22. The molecule has 0 aromatic heterocycles. The average Bonchev–Trinajstić information content (AvgIpc) is 3.18. The maximum atomic E-state index is 13.5. The molecule has 0 aliphatic carbocycles. The van der Waals surface area contributed by atoms with Gasteiger partial charge in [-0.2, -0.15) is 18.4 Å². The zero-order valence-electron chi connectivity index (χ0n) is 18.7. The van der Waals surface area contributed by atoms with Gasteiger partial charge in [-0.05, 0) is 36.2 Å². The number of anilines is 1. The van der Waals surface area contributed by atoms with E-state index in [4.69, 9.17) is 21.6 Å². The van der Waals surface area contributed by atoms with Crippen molar-refractivity contribution >= 4 is 23.2 Å². The summed E-state index contributed by atoms with van der Waals surface area (Å²) in [6, 6.07) is 12.7.